The van der Waals surface area contributed by atoms with Crippen LogP contribution in [0.1, 0.15) is 50.5 Å². The summed E-state index contributed by atoms with van der Waals surface area (Å²) in [4.78, 5) is 11.6. The van der Waals surface area contributed by atoms with Crippen molar-refractivity contribution in [3.05, 3.63) is 34.3 Å². The molecule has 2 nitrogen and oxygen atoms in total. The smallest absolute Gasteiger partial charge is 0.306 e. The molecular weight excluding hydrogens is 316 g/mol. The number of halogens is 1. The number of hydrogen-bond acceptors (Lipinski definition) is 2. The molecule has 3 aliphatic rings. The molecule has 0 radical (unpaired) electrons. The standard InChI is InChI=1S/C17H21BrO2/c1-20-15(19)12-16-6-9-17(10-7-16,11-8-16)13-2-4-14(18)5-3-13/h2-5H,6-12H2,1H3. The predicted molar refractivity (Wildman–Crippen MR) is 82.6 cm³/mol. The average molecular weight is 337 g/mol. The van der Waals surface area contributed by atoms with Crippen molar-refractivity contribution in [1.82, 2.24) is 0 Å². The van der Waals surface area contributed by atoms with Gasteiger partial charge in [0.15, 0.2) is 0 Å². The van der Waals surface area contributed by atoms with Crippen LogP contribution >= 0.6 is 15.9 Å². The summed E-state index contributed by atoms with van der Waals surface area (Å²) in [5.74, 6) is -0.0389. The molecule has 3 heteroatoms. The van der Waals surface area contributed by atoms with Gasteiger partial charge in [-0.1, -0.05) is 28.1 Å². The van der Waals surface area contributed by atoms with E-state index in [1.165, 1.54) is 31.9 Å². The van der Waals surface area contributed by atoms with Gasteiger partial charge in [0.1, 0.15) is 0 Å². The fourth-order valence-electron chi connectivity index (χ4n) is 4.14. The zero-order valence-corrected chi connectivity index (χ0v) is 13.5. The monoisotopic (exact) mass is 336 g/mol. The Hall–Kier alpha value is -0.830. The van der Waals surface area contributed by atoms with Crippen LogP contribution in [0.5, 0.6) is 0 Å². The van der Waals surface area contributed by atoms with Crippen LogP contribution < -0.4 is 0 Å². The average Bonchev–Trinajstić information content (AvgIpc) is 2.49. The SMILES string of the molecule is COC(=O)CC12CCC(c3ccc(Br)cc3)(CC1)CC2. The summed E-state index contributed by atoms with van der Waals surface area (Å²) in [5, 5.41) is 0. The first-order valence-corrected chi connectivity index (χ1v) is 8.20. The van der Waals surface area contributed by atoms with Crippen molar-refractivity contribution in [3.63, 3.8) is 0 Å². The number of ether oxygens (including phenoxy) is 1. The Morgan fingerprint density at radius 1 is 1.10 bits per heavy atom. The normalized spacial score (nSPS) is 32.1. The second-order valence-corrected chi connectivity index (χ2v) is 7.46. The number of rotatable bonds is 3. The Morgan fingerprint density at radius 3 is 2.15 bits per heavy atom. The van der Waals surface area contributed by atoms with Crippen LogP contribution in [0.3, 0.4) is 0 Å². The van der Waals surface area contributed by atoms with Crippen molar-refractivity contribution >= 4 is 21.9 Å². The topological polar surface area (TPSA) is 26.3 Å². The summed E-state index contributed by atoms with van der Waals surface area (Å²) in [6, 6.07) is 8.83. The lowest BCUT2D eigenvalue weighted by atomic mass is 9.51. The summed E-state index contributed by atoms with van der Waals surface area (Å²) in [5.41, 5.74) is 2.06. The van der Waals surface area contributed by atoms with Gasteiger partial charge in [-0.3, -0.25) is 4.79 Å². The molecule has 108 valence electrons. The Labute approximate surface area is 129 Å². The molecule has 0 N–H and O–H groups in total. The van der Waals surface area contributed by atoms with E-state index in [1.54, 1.807) is 0 Å². The third kappa shape index (κ3) is 2.41. The molecule has 0 spiro atoms. The lowest BCUT2D eigenvalue weighted by molar-refractivity contribution is -0.145. The largest absolute Gasteiger partial charge is 0.469 e. The maximum atomic E-state index is 11.6. The van der Waals surface area contributed by atoms with Crippen LogP contribution in [-0.2, 0) is 14.9 Å². The van der Waals surface area contributed by atoms with Gasteiger partial charge in [-0.2, -0.15) is 0 Å². The van der Waals surface area contributed by atoms with Gasteiger partial charge in [-0.05, 0) is 67.1 Å². The van der Waals surface area contributed by atoms with Crippen LogP contribution in [0.2, 0.25) is 0 Å². The molecule has 3 saturated carbocycles. The van der Waals surface area contributed by atoms with Crippen LogP contribution in [0.4, 0.5) is 0 Å². The van der Waals surface area contributed by atoms with Crippen LogP contribution in [0.15, 0.2) is 28.7 Å². The van der Waals surface area contributed by atoms with E-state index in [4.69, 9.17) is 4.74 Å². The van der Waals surface area contributed by atoms with Crippen LogP contribution in [-0.4, -0.2) is 13.1 Å². The van der Waals surface area contributed by atoms with Gasteiger partial charge >= 0.3 is 5.97 Å². The van der Waals surface area contributed by atoms with Gasteiger partial charge in [-0.15, -0.1) is 0 Å². The van der Waals surface area contributed by atoms with E-state index in [1.807, 2.05) is 0 Å². The molecule has 0 heterocycles. The summed E-state index contributed by atoms with van der Waals surface area (Å²) >= 11 is 3.51. The minimum absolute atomic E-state index is 0.0389. The molecule has 20 heavy (non-hydrogen) atoms. The summed E-state index contributed by atoms with van der Waals surface area (Å²) in [7, 11) is 1.50. The molecule has 0 atom stereocenters. The Bertz CT molecular complexity index is 482. The molecule has 4 rings (SSSR count). The number of carbonyl (C=O) groups excluding carboxylic acids is 1. The molecule has 1 aromatic carbocycles. The molecule has 0 aliphatic heterocycles. The first kappa shape index (κ1) is 14.1. The van der Waals surface area contributed by atoms with Crippen molar-refractivity contribution in [1.29, 1.82) is 0 Å². The fraction of sp³-hybridized carbons (Fsp3) is 0.588. The summed E-state index contributed by atoms with van der Waals surface area (Å²) in [6.07, 6.45) is 7.75. The van der Waals surface area contributed by atoms with E-state index >= 15 is 0 Å². The highest BCUT2D eigenvalue weighted by molar-refractivity contribution is 9.10. The van der Waals surface area contributed by atoms with Crippen molar-refractivity contribution in [2.45, 2.75) is 50.4 Å². The number of fused-ring (bicyclic) bond motifs is 3. The minimum atomic E-state index is -0.0389. The van der Waals surface area contributed by atoms with Crippen LogP contribution in [0, 0.1) is 5.41 Å². The highest BCUT2D eigenvalue weighted by Gasteiger charge is 2.49. The van der Waals surface area contributed by atoms with Gasteiger partial charge in [0.05, 0.1) is 13.5 Å². The lowest BCUT2D eigenvalue weighted by Crippen LogP contribution is -2.45. The minimum Gasteiger partial charge on any atom is -0.469 e. The molecule has 0 amide bonds. The number of esters is 1. The quantitative estimate of drug-likeness (QED) is 0.753. The Morgan fingerprint density at radius 2 is 1.65 bits per heavy atom. The van der Waals surface area contributed by atoms with Gasteiger partial charge in [0.25, 0.3) is 0 Å². The number of carbonyl (C=O) groups is 1. The van der Waals surface area contributed by atoms with Crippen molar-refractivity contribution in [2.24, 2.45) is 5.41 Å². The lowest BCUT2D eigenvalue weighted by Gasteiger charge is -2.53. The maximum absolute atomic E-state index is 11.6. The molecule has 2 bridgehead atoms. The molecular formula is C17H21BrO2. The highest BCUT2D eigenvalue weighted by atomic mass is 79.9. The fourth-order valence-corrected chi connectivity index (χ4v) is 4.41. The molecule has 0 unspecified atom stereocenters. The Kier molecular flexibility index (Phi) is 3.65. The molecule has 3 aliphatic carbocycles. The highest BCUT2D eigenvalue weighted by Crippen LogP contribution is 2.59. The van der Waals surface area contributed by atoms with Crippen molar-refractivity contribution in [2.75, 3.05) is 7.11 Å². The zero-order chi connectivity index (χ0) is 14.2. The number of methoxy groups -OCH3 is 1. The first-order chi connectivity index (χ1) is 9.57. The van der Waals surface area contributed by atoms with Gasteiger partial charge in [0.2, 0.25) is 0 Å². The van der Waals surface area contributed by atoms with Crippen molar-refractivity contribution in [3.8, 4) is 0 Å². The molecule has 0 aromatic heterocycles. The summed E-state index contributed by atoms with van der Waals surface area (Å²) in [6.45, 7) is 0. The van der Waals surface area contributed by atoms with E-state index in [2.05, 4.69) is 40.2 Å². The maximum Gasteiger partial charge on any atom is 0.306 e. The third-order valence-electron chi connectivity index (χ3n) is 5.61. The molecule has 0 saturated heterocycles. The third-order valence-corrected chi connectivity index (χ3v) is 6.13. The van der Waals surface area contributed by atoms with Gasteiger partial charge < -0.3 is 4.74 Å². The summed E-state index contributed by atoms with van der Waals surface area (Å²) < 4.78 is 6.02. The van der Waals surface area contributed by atoms with E-state index in [-0.39, 0.29) is 11.4 Å². The van der Waals surface area contributed by atoms with E-state index in [9.17, 15) is 4.79 Å². The van der Waals surface area contributed by atoms with E-state index in [0.717, 1.165) is 23.7 Å². The number of benzene rings is 1. The van der Waals surface area contributed by atoms with Gasteiger partial charge in [0, 0.05) is 4.47 Å². The second kappa shape index (κ2) is 5.18. The predicted octanol–water partition coefficient (Wildman–Crippen LogP) is 4.60. The molecule has 3 fully saturated rings. The van der Waals surface area contributed by atoms with Crippen molar-refractivity contribution < 1.29 is 9.53 Å². The number of hydrogen-bond donors (Lipinski definition) is 0. The van der Waals surface area contributed by atoms with Crippen LogP contribution in [0.25, 0.3) is 0 Å². The molecule has 1 aromatic rings. The first-order valence-electron chi connectivity index (χ1n) is 7.41. The Balaban J connectivity index is 1.76. The van der Waals surface area contributed by atoms with Gasteiger partial charge in [-0.25, -0.2) is 0 Å². The second-order valence-electron chi connectivity index (χ2n) is 6.54. The zero-order valence-electron chi connectivity index (χ0n) is 12.0. The van der Waals surface area contributed by atoms with E-state index in [0.29, 0.717) is 11.8 Å². The van der Waals surface area contributed by atoms with E-state index < -0.39 is 0 Å².